The van der Waals surface area contributed by atoms with Crippen molar-refractivity contribution < 1.29 is 34.7 Å². The summed E-state index contributed by atoms with van der Waals surface area (Å²) in [6.45, 7) is 0.544. The molecule has 0 saturated carbocycles. The normalized spacial score (nSPS) is 11.6. The topological polar surface area (TPSA) is 129 Å². The molecular formula is C34H30N2O8S4. The summed E-state index contributed by atoms with van der Waals surface area (Å²) in [6, 6.07) is 26.0. The van der Waals surface area contributed by atoms with Crippen LogP contribution in [-0.4, -0.2) is 31.1 Å². The average Bonchev–Trinajstić information content (AvgIpc) is 3.81. The van der Waals surface area contributed by atoms with Gasteiger partial charge in [-0.3, -0.25) is 0 Å². The van der Waals surface area contributed by atoms with Crippen LogP contribution in [-0.2, 0) is 33.3 Å². The second kappa shape index (κ2) is 14.2. The highest BCUT2D eigenvalue weighted by molar-refractivity contribution is 7.87. The van der Waals surface area contributed by atoms with Gasteiger partial charge in [0.2, 0.25) is 0 Å². The molecule has 248 valence electrons. The number of anilines is 2. The van der Waals surface area contributed by atoms with Crippen LogP contribution < -0.4 is 28.5 Å². The molecule has 0 fully saturated rings. The number of hydrogen-bond acceptors (Lipinski definition) is 12. The number of fused-ring (bicyclic) bond motifs is 1. The van der Waals surface area contributed by atoms with E-state index in [1.54, 1.807) is 24.3 Å². The molecule has 2 heterocycles. The minimum atomic E-state index is -4.44. The molecule has 0 radical (unpaired) electrons. The fraction of sp³-hybridized carbons (Fsp3) is 0.118. The maximum atomic E-state index is 13.8. The number of hydrogen-bond donors (Lipinski definition) is 2. The van der Waals surface area contributed by atoms with Crippen molar-refractivity contribution in [3.63, 3.8) is 0 Å². The predicted molar refractivity (Wildman–Crippen MR) is 189 cm³/mol. The molecule has 0 aliphatic heterocycles. The molecule has 6 rings (SSSR count). The number of ether oxygens (including phenoxy) is 2. The number of rotatable bonds is 14. The summed E-state index contributed by atoms with van der Waals surface area (Å²) in [4.78, 5) is -0.398. The number of thiophene rings is 2. The first-order chi connectivity index (χ1) is 23.2. The quantitative estimate of drug-likeness (QED) is 0.108. The van der Waals surface area contributed by atoms with Gasteiger partial charge in [-0.05, 0) is 83.6 Å². The lowest BCUT2D eigenvalue weighted by atomic mass is 10.1. The second-order valence-electron chi connectivity index (χ2n) is 10.3. The van der Waals surface area contributed by atoms with Gasteiger partial charge in [0, 0.05) is 35.0 Å². The number of methoxy groups -OCH3 is 2. The Morgan fingerprint density at radius 3 is 1.38 bits per heavy atom. The molecule has 6 aromatic rings. The third-order valence-electron chi connectivity index (χ3n) is 7.26. The van der Waals surface area contributed by atoms with Crippen LogP contribution in [0.25, 0.3) is 10.8 Å². The van der Waals surface area contributed by atoms with Crippen molar-refractivity contribution in [1.82, 2.24) is 0 Å². The van der Waals surface area contributed by atoms with Crippen LogP contribution in [0.15, 0.2) is 118 Å². The Labute approximate surface area is 286 Å². The standard InChI is InChI=1S/C34H30N2O8S4/c1-41-25-13-15-29(23(19-25)21-35-33-11-5-17-45-33)43-47(37,38)31-9-3-8-28-27(31)7-4-10-32(28)48(39,40)44-30-16-14-26(42-2)20-24(30)22-36-34-12-6-18-46-34/h3-20,35-36H,21-22H2,1-2H3. The predicted octanol–water partition coefficient (Wildman–Crippen LogP) is 7.74. The number of benzene rings is 4. The summed E-state index contributed by atoms with van der Waals surface area (Å²) in [7, 11) is -5.84. The Bertz CT molecular complexity index is 2090. The van der Waals surface area contributed by atoms with Crippen molar-refractivity contribution in [2.24, 2.45) is 0 Å². The molecule has 0 aliphatic rings. The van der Waals surface area contributed by atoms with Gasteiger partial charge in [-0.1, -0.05) is 24.3 Å². The second-order valence-corrected chi connectivity index (χ2v) is 15.2. The molecule has 0 spiro atoms. The number of nitrogens with one attached hydrogen (secondary N) is 2. The molecular weight excluding hydrogens is 693 g/mol. The van der Waals surface area contributed by atoms with Crippen molar-refractivity contribution >= 4 is 63.7 Å². The zero-order chi connectivity index (χ0) is 33.7. The zero-order valence-electron chi connectivity index (χ0n) is 25.7. The lowest BCUT2D eigenvalue weighted by Crippen LogP contribution is -2.14. The highest BCUT2D eigenvalue weighted by atomic mass is 32.2. The van der Waals surface area contributed by atoms with Crippen LogP contribution >= 0.6 is 22.7 Å². The Kier molecular flexibility index (Phi) is 9.78. The van der Waals surface area contributed by atoms with Crippen LogP contribution in [0.3, 0.4) is 0 Å². The molecule has 48 heavy (non-hydrogen) atoms. The third-order valence-corrected chi connectivity index (χ3v) is 11.5. The molecule has 2 aromatic heterocycles. The molecule has 2 N–H and O–H groups in total. The van der Waals surface area contributed by atoms with Crippen LogP contribution in [0, 0.1) is 0 Å². The maximum absolute atomic E-state index is 13.8. The van der Waals surface area contributed by atoms with Crippen molar-refractivity contribution in [1.29, 1.82) is 0 Å². The minimum Gasteiger partial charge on any atom is -0.497 e. The third kappa shape index (κ3) is 7.36. The van der Waals surface area contributed by atoms with E-state index >= 15 is 0 Å². The van der Waals surface area contributed by atoms with Crippen LogP contribution in [0.1, 0.15) is 11.1 Å². The van der Waals surface area contributed by atoms with Gasteiger partial charge < -0.3 is 28.5 Å². The summed E-state index contributed by atoms with van der Waals surface area (Å²) in [5.74, 6) is 1.27. The van der Waals surface area contributed by atoms with Crippen molar-refractivity contribution in [2.75, 3.05) is 24.9 Å². The largest absolute Gasteiger partial charge is 0.497 e. The zero-order valence-corrected chi connectivity index (χ0v) is 29.0. The lowest BCUT2D eigenvalue weighted by molar-refractivity contribution is 0.413. The van der Waals surface area contributed by atoms with Crippen LogP contribution in [0.4, 0.5) is 10.0 Å². The van der Waals surface area contributed by atoms with E-state index in [9.17, 15) is 16.8 Å². The van der Waals surface area contributed by atoms with E-state index in [2.05, 4.69) is 10.6 Å². The highest BCUT2D eigenvalue weighted by Crippen LogP contribution is 2.35. The van der Waals surface area contributed by atoms with Crippen molar-refractivity contribution in [2.45, 2.75) is 22.9 Å². The Morgan fingerprint density at radius 2 is 1.00 bits per heavy atom. The summed E-state index contributed by atoms with van der Waals surface area (Å²) >= 11 is 3.02. The summed E-state index contributed by atoms with van der Waals surface area (Å²) < 4.78 is 77.3. The molecule has 0 saturated heterocycles. The van der Waals surface area contributed by atoms with Crippen molar-refractivity contribution in [3.8, 4) is 23.0 Å². The minimum absolute atomic E-state index is 0.104. The fourth-order valence-electron chi connectivity index (χ4n) is 4.94. The van der Waals surface area contributed by atoms with E-state index in [1.807, 2.05) is 35.0 Å². The smallest absolute Gasteiger partial charge is 0.339 e. The molecule has 10 nitrogen and oxygen atoms in total. The lowest BCUT2D eigenvalue weighted by Gasteiger charge is -2.16. The molecule has 0 bridgehead atoms. The van der Waals surface area contributed by atoms with Gasteiger partial charge >= 0.3 is 20.2 Å². The molecule has 0 unspecified atom stereocenters. The summed E-state index contributed by atoms with van der Waals surface area (Å²) in [5.41, 5.74) is 1.10. The summed E-state index contributed by atoms with van der Waals surface area (Å²) in [6.07, 6.45) is 0. The maximum Gasteiger partial charge on any atom is 0.339 e. The summed E-state index contributed by atoms with van der Waals surface area (Å²) in [5, 5.41) is 12.5. The Balaban J connectivity index is 1.32. The van der Waals surface area contributed by atoms with E-state index in [0.717, 1.165) is 10.0 Å². The molecule has 0 atom stereocenters. The molecule has 14 heteroatoms. The van der Waals surface area contributed by atoms with E-state index in [4.69, 9.17) is 17.8 Å². The van der Waals surface area contributed by atoms with Gasteiger partial charge in [-0.2, -0.15) is 16.8 Å². The fourth-order valence-corrected chi connectivity index (χ4v) is 8.54. The van der Waals surface area contributed by atoms with E-state index in [0.29, 0.717) is 22.6 Å². The molecule has 0 amide bonds. The van der Waals surface area contributed by atoms with Gasteiger partial charge in [0.25, 0.3) is 0 Å². The average molecular weight is 723 g/mol. The van der Waals surface area contributed by atoms with Gasteiger partial charge in [0.15, 0.2) is 0 Å². The van der Waals surface area contributed by atoms with Gasteiger partial charge in [0.05, 0.1) is 24.2 Å². The van der Waals surface area contributed by atoms with Gasteiger partial charge in [-0.25, -0.2) is 0 Å². The SMILES string of the molecule is COc1ccc(OS(=O)(=O)c2cccc3c(S(=O)(=O)Oc4ccc(OC)cc4CNc4cccs4)cccc23)c(CNc2cccs2)c1. The van der Waals surface area contributed by atoms with E-state index in [1.165, 1.54) is 85.4 Å². The van der Waals surface area contributed by atoms with Crippen molar-refractivity contribution in [3.05, 3.63) is 119 Å². The van der Waals surface area contributed by atoms with E-state index < -0.39 is 20.2 Å². The van der Waals surface area contributed by atoms with Gasteiger partial charge in [-0.15, -0.1) is 22.7 Å². The molecule has 4 aromatic carbocycles. The van der Waals surface area contributed by atoms with Crippen LogP contribution in [0.5, 0.6) is 23.0 Å². The first-order valence-corrected chi connectivity index (χ1v) is 19.0. The highest BCUT2D eigenvalue weighted by Gasteiger charge is 2.26. The van der Waals surface area contributed by atoms with Gasteiger partial charge in [0.1, 0.15) is 32.8 Å². The monoisotopic (exact) mass is 722 g/mol. The van der Waals surface area contributed by atoms with Crippen LogP contribution in [0.2, 0.25) is 0 Å². The Hall–Kier alpha value is -4.76. The molecule has 0 aliphatic carbocycles. The first kappa shape index (κ1) is 33.2. The van der Waals surface area contributed by atoms with E-state index in [-0.39, 0.29) is 45.2 Å². The Morgan fingerprint density at radius 1 is 0.562 bits per heavy atom. The first-order valence-electron chi connectivity index (χ1n) is 14.5.